The number of benzene rings is 1. The summed E-state index contributed by atoms with van der Waals surface area (Å²) in [5.41, 5.74) is 0.715. The first kappa shape index (κ1) is 10.4. The number of carbonyl (C=O) groups is 2. The largest absolute Gasteiger partial charge is 0.507 e. The van der Waals surface area contributed by atoms with E-state index in [-0.39, 0.29) is 17.9 Å². The molecule has 2 rings (SSSR count). The number of Topliss-reactive ketones (excluding diaryl/α,β-unsaturated/α-hetero) is 1. The van der Waals surface area contributed by atoms with Crippen LogP contribution in [0.25, 0.3) is 5.76 Å². The Labute approximate surface area is 92.8 Å². The van der Waals surface area contributed by atoms with Gasteiger partial charge in [-0.2, -0.15) is 0 Å². The highest BCUT2D eigenvalue weighted by atomic mass is 16.3. The summed E-state index contributed by atoms with van der Waals surface area (Å²) < 4.78 is 0. The molecule has 0 aliphatic carbocycles. The van der Waals surface area contributed by atoms with E-state index in [9.17, 15) is 14.7 Å². The van der Waals surface area contributed by atoms with Crippen molar-refractivity contribution >= 4 is 17.4 Å². The zero-order chi connectivity index (χ0) is 11.7. The van der Waals surface area contributed by atoms with Crippen LogP contribution >= 0.6 is 0 Å². The Hall–Kier alpha value is -2.10. The lowest BCUT2D eigenvalue weighted by Crippen LogP contribution is -2.22. The van der Waals surface area contributed by atoms with Crippen LogP contribution in [0, 0.1) is 0 Å². The zero-order valence-electron chi connectivity index (χ0n) is 8.80. The molecular weight excluding hydrogens is 206 g/mol. The van der Waals surface area contributed by atoms with Crippen molar-refractivity contribution in [1.82, 2.24) is 4.90 Å². The average molecular weight is 217 g/mol. The smallest absolute Gasteiger partial charge is 0.294 e. The molecule has 1 heterocycles. The number of nitrogens with zero attached hydrogens (tertiary/aromatic N) is 1. The summed E-state index contributed by atoms with van der Waals surface area (Å²) in [6.07, 6.45) is 0. The second-order valence-electron chi connectivity index (χ2n) is 3.68. The zero-order valence-corrected chi connectivity index (χ0v) is 8.80. The fourth-order valence-electron chi connectivity index (χ4n) is 1.64. The van der Waals surface area contributed by atoms with Crippen LogP contribution in [0.3, 0.4) is 0 Å². The summed E-state index contributed by atoms with van der Waals surface area (Å²) in [4.78, 5) is 24.1. The molecule has 16 heavy (non-hydrogen) atoms. The third-order valence-corrected chi connectivity index (χ3v) is 2.54. The maximum absolute atomic E-state index is 11.5. The van der Waals surface area contributed by atoms with Gasteiger partial charge in [-0.3, -0.25) is 9.59 Å². The van der Waals surface area contributed by atoms with E-state index in [1.165, 1.54) is 11.9 Å². The SMILES string of the molecule is CN1CC(=C(O)c2ccccc2)C(=O)C1=O. The number of amides is 1. The Morgan fingerprint density at radius 1 is 1.25 bits per heavy atom. The van der Waals surface area contributed by atoms with Crippen LogP contribution in [0.5, 0.6) is 0 Å². The van der Waals surface area contributed by atoms with E-state index in [2.05, 4.69) is 0 Å². The number of carbonyl (C=O) groups excluding carboxylic acids is 2. The van der Waals surface area contributed by atoms with Crippen molar-refractivity contribution in [3.63, 3.8) is 0 Å². The molecule has 1 aromatic rings. The highest BCUT2D eigenvalue weighted by Gasteiger charge is 2.34. The van der Waals surface area contributed by atoms with Gasteiger partial charge in [0.2, 0.25) is 0 Å². The summed E-state index contributed by atoms with van der Waals surface area (Å²) >= 11 is 0. The molecule has 1 fully saturated rings. The molecule has 1 aromatic carbocycles. The molecular formula is C12H11NO3. The molecule has 0 bridgehead atoms. The van der Waals surface area contributed by atoms with E-state index >= 15 is 0 Å². The molecule has 1 aliphatic heterocycles. The number of likely N-dealkylation sites (N-methyl/N-ethyl adjacent to an activating group) is 1. The van der Waals surface area contributed by atoms with Gasteiger partial charge in [-0.25, -0.2) is 0 Å². The van der Waals surface area contributed by atoms with Gasteiger partial charge in [-0.1, -0.05) is 30.3 Å². The molecule has 1 amide bonds. The summed E-state index contributed by atoms with van der Waals surface area (Å²) in [7, 11) is 1.53. The van der Waals surface area contributed by atoms with Crippen molar-refractivity contribution in [1.29, 1.82) is 0 Å². The summed E-state index contributed by atoms with van der Waals surface area (Å²) in [6, 6.07) is 8.72. The minimum absolute atomic E-state index is 0.108. The topological polar surface area (TPSA) is 57.6 Å². The minimum Gasteiger partial charge on any atom is -0.507 e. The van der Waals surface area contributed by atoms with Crippen LogP contribution in [0.4, 0.5) is 0 Å². The lowest BCUT2D eigenvalue weighted by Gasteiger charge is -2.04. The predicted molar refractivity (Wildman–Crippen MR) is 58.6 cm³/mol. The van der Waals surface area contributed by atoms with Gasteiger partial charge >= 0.3 is 0 Å². The summed E-state index contributed by atoms with van der Waals surface area (Å²) in [5, 5.41) is 9.91. The minimum atomic E-state index is -0.621. The number of aliphatic hydroxyl groups is 1. The van der Waals surface area contributed by atoms with Crippen molar-refractivity contribution in [2.45, 2.75) is 0 Å². The molecule has 1 N–H and O–H groups in total. The Kier molecular flexibility index (Phi) is 2.48. The highest BCUT2D eigenvalue weighted by Crippen LogP contribution is 2.21. The lowest BCUT2D eigenvalue weighted by atomic mass is 10.1. The van der Waals surface area contributed by atoms with Crippen molar-refractivity contribution in [2.24, 2.45) is 0 Å². The molecule has 0 saturated carbocycles. The third kappa shape index (κ3) is 1.58. The van der Waals surface area contributed by atoms with Gasteiger partial charge in [0.05, 0.1) is 12.1 Å². The molecule has 0 radical (unpaired) electrons. The van der Waals surface area contributed by atoms with Crippen LogP contribution in [0.15, 0.2) is 35.9 Å². The number of rotatable bonds is 1. The molecule has 0 atom stereocenters. The molecule has 0 spiro atoms. The Bertz CT molecular complexity index is 476. The normalized spacial score (nSPS) is 19.2. The van der Waals surface area contributed by atoms with E-state index in [1.54, 1.807) is 24.3 Å². The van der Waals surface area contributed by atoms with Gasteiger partial charge in [-0.05, 0) is 0 Å². The van der Waals surface area contributed by atoms with Crippen molar-refractivity contribution in [3.05, 3.63) is 41.5 Å². The maximum atomic E-state index is 11.5. The van der Waals surface area contributed by atoms with E-state index in [1.807, 2.05) is 6.07 Å². The second kappa shape index (κ2) is 3.81. The van der Waals surface area contributed by atoms with Gasteiger partial charge in [0.15, 0.2) is 0 Å². The van der Waals surface area contributed by atoms with Gasteiger partial charge in [0.1, 0.15) is 5.76 Å². The van der Waals surface area contributed by atoms with E-state index in [4.69, 9.17) is 0 Å². The van der Waals surface area contributed by atoms with Crippen molar-refractivity contribution in [3.8, 4) is 0 Å². The monoisotopic (exact) mass is 217 g/mol. The van der Waals surface area contributed by atoms with Crippen LogP contribution in [0.2, 0.25) is 0 Å². The number of hydrogen-bond donors (Lipinski definition) is 1. The van der Waals surface area contributed by atoms with Crippen molar-refractivity contribution < 1.29 is 14.7 Å². The fraction of sp³-hybridized carbons (Fsp3) is 0.167. The highest BCUT2D eigenvalue weighted by molar-refractivity contribution is 6.46. The molecule has 1 aliphatic rings. The average Bonchev–Trinajstić information content (AvgIpc) is 2.57. The fourth-order valence-corrected chi connectivity index (χ4v) is 1.64. The molecule has 4 nitrogen and oxygen atoms in total. The standard InChI is InChI=1S/C12H11NO3/c1-13-7-9(11(15)12(13)16)10(14)8-5-3-2-4-6-8/h2-6,14H,7H2,1H3. The van der Waals surface area contributed by atoms with Gasteiger partial charge in [0.25, 0.3) is 11.7 Å². The molecule has 82 valence electrons. The number of aliphatic hydroxyl groups excluding tert-OH is 1. The molecule has 4 heteroatoms. The quantitative estimate of drug-likeness (QED) is 0.433. The second-order valence-corrected chi connectivity index (χ2v) is 3.68. The Morgan fingerprint density at radius 2 is 1.88 bits per heavy atom. The maximum Gasteiger partial charge on any atom is 0.294 e. The first-order valence-electron chi connectivity index (χ1n) is 4.88. The Morgan fingerprint density at radius 3 is 2.38 bits per heavy atom. The molecule has 0 unspecified atom stereocenters. The number of hydrogen-bond acceptors (Lipinski definition) is 3. The summed E-state index contributed by atoms with van der Waals surface area (Å²) in [6.45, 7) is 0.165. The predicted octanol–water partition coefficient (Wildman–Crippen LogP) is 0.997. The van der Waals surface area contributed by atoms with E-state index in [0.717, 1.165) is 0 Å². The summed E-state index contributed by atoms with van der Waals surface area (Å²) in [5.74, 6) is -1.30. The van der Waals surface area contributed by atoms with Crippen LogP contribution < -0.4 is 0 Å². The van der Waals surface area contributed by atoms with Crippen LogP contribution in [-0.2, 0) is 9.59 Å². The number of ketones is 1. The lowest BCUT2D eigenvalue weighted by molar-refractivity contribution is -0.138. The first-order chi connectivity index (χ1) is 7.61. The number of likely N-dealkylation sites (tertiary alicyclic amines) is 1. The molecule has 1 saturated heterocycles. The third-order valence-electron chi connectivity index (χ3n) is 2.54. The van der Waals surface area contributed by atoms with Gasteiger partial charge in [-0.15, -0.1) is 0 Å². The molecule has 0 aromatic heterocycles. The van der Waals surface area contributed by atoms with Gasteiger partial charge < -0.3 is 10.0 Å². The van der Waals surface area contributed by atoms with Crippen LogP contribution in [-0.4, -0.2) is 35.3 Å². The van der Waals surface area contributed by atoms with E-state index in [0.29, 0.717) is 5.56 Å². The first-order valence-corrected chi connectivity index (χ1v) is 4.88. The van der Waals surface area contributed by atoms with E-state index < -0.39 is 11.7 Å². The van der Waals surface area contributed by atoms with Crippen molar-refractivity contribution in [2.75, 3.05) is 13.6 Å². The van der Waals surface area contributed by atoms with Crippen LogP contribution in [0.1, 0.15) is 5.56 Å². The van der Waals surface area contributed by atoms with Gasteiger partial charge in [0, 0.05) is 12.6 Å². The Balaban J connectivity index is 2.44.